The summed E-state index contributed by atoms with van der Waals surface area (Å²) in [6.07, 6.45) is 1.86. The van der Waals surface area contributed by atoms with E-state index in [0.717, 1.165) is 5.69 Å². The van der Waals surface area contributed by atoms with Gasteiger partial charge in [-0.1, -0.05) is 32.0 Å². The van der Waals surface area contributed by atoms with E-state index in [-0.39, 0.29) is 0 Å². The molecular formula is C14H19N3. The fraction of sp³-hybridized carbons (Fsp3) is 0.357. The van der Waals surface area contributed by atoms with E-state index in [0.29, 0.717) is 12.0 Å². The van der Waals surface area contributed by atoms with Gasteiger partial charge < -0.3 is 5.32 Å². The molecule has 90 valence electrons. The van der Waals surface area contributed by atoms with E-state index in [1.807, 2.05) is 36.1 Å². The predicted octanol–water partition coefficient (Wildman–Crippen LogP) is 2.79. The molecule has 0 fully saturated rings. The van der Waals surface area contributed by atoms with Crippen molar-refractivity contribution in [3.05, 3.63) is 48.3 Å². The van der Waals surface area contributed by atoms with Crippen LogP contribution in [-0.4, -0.2) is 16.8 Å². The molecule has 0 spiro atoms. The molecule has 17 heavy (non-hydrogen) atoms. The minimum atomic E-state index is 0.317. The molecule has 0 aliphatic carbocycles. The molecule has 1 aromatic carbocycles. The number of nitrogens with one attached hydrogen (secondary N) is 1. The van der Waals surface area contributed by atoms with E-state index in [4.69, 9.17) is 0 Å². The van der Waals surface area contributed by atoms with Crippen LogP contribution in [0.1, 0.15) is 25.6 Å². The van der Waals surface area contributed by atoms with Crippen molar-refractivity contribution in [2.45, 2.75) is 19.9 Å². The van der Waals surface area contributed by atoms with Gasteiger partial charge in [0.05, 0.1) is 17.4 Å². The molecule has 1 aromatic heterocycles. The van der Waals surface area contributed by atoms with Crippen LogP contribution >= 0.6 is 0 Å². The number of nitrogens with zero attached hydrogens (tertiary/aromatic N) is 2. The largest absolute Gasteiger partial charge is 0.311 e. The van der Waals surface area contributed by atoms with Crippen molar-refractivity contribution < 1.29 is 0 Å². The summed E-state index contributed by atoms with van der Waals surface area (Å²) >= 11 is 0. The van der Waals surface area contributed by atoms with Gasteiger partial charge in [-0.05, 0) is 31.2 Å². The highest BCUT2D eigenvalue weighted by Crippen LogP contribution is 2.23. The van der Waals surface area contributed by atoms with Crippen molar-refractivity contribution in [2.24, 2.45) is 5.92 Å². The maximum Gasteiger partial charge on any atom is 0.0649 e. The summed E-state index contributed by atoms with van der Waals surface area (Å²) in [5.74, 6) is 0.527. The van der Waals surface area contributed by atoms with Crippen molar-refractivity contribution in [3.63, 3.8) is 0 Å². The van der Waals surface area contributed by atoms with E-state index in [1.54, 1.807) is 0 Å². The van der Waals surface area contributed by atoms with Crippen LogP contribution in [0.25, 0.3) is 5.69 Å². The van der Waals surface area contributed by atoms with Crippen molar-refractivity contribution >= 4 is 0 Å². The predicted molar refractivity (Wildman–Crippen MR) is 70.2 cm³/mol. The van der Waals surface area contributed by atoms with Crippen molar-refractivity contribution in [3.8, 4) is 5.69 Å². The molecule has 1 N–H and O–H groups in total. The number of benzene rings is 1. The number of aromatic nitrogens is 2. The number of rotatable bonds is 4. The number of hydrogen-bond donors (Lipinski definition) is 1. The Kier molecular flexibility index (Phi) is 3.59. The lowest BCUT2D eigenvalue weighted by Gasteiger charge is -2.21. The molecule has 0 radical (unpaired) electrons. The van der Waals surface area contributed by atoms with Crippen LogP contribution in [-0.2, 0) is 0 Å². The smallest absolute Gasteiger partial charge is 0.0649 e. The summed E-state index contributed by atoms with van der Waals surface area (Å²) in [7, 11) is 1.99. The lowest BCUT2D eigenvalue weighted by molar-refractivity contribution is 0.424. The zero-order chi connectivity index (χ0) is 12.3. The van der Waals surface area contributed by atoms with E-state index in [9.17, 15) is 0 Å². The Labute approximate surface area is 102 Å². The monoisotopic (exact) mass is 229 g/mol. The Morgan fingerprint density at radius 2 is 1.82 bits per heavy atom. The van der Waals surface area contributed by atoms with E-state index >= 15 is 0 Å². The Bertz CT molecular complexity index is 459. The summed E-state index contributed by atoms with van der Waals surface area (Å²) in [5.41, 5.74) is 2.31. The van der Waals surface area contributed by atoms with Crippen LogP contribution in [0.4, 0.5) is 0 Å². The quantitative estimate of drug-likeness (QED) is 0.873. The zero-order valence-electron chi connectivity index (χ0n) is 10.6. The lowest BCUT2D eigenvalue weighted by Crippen LogP contribution is -2.24. The molecule has 0 amide bonds. The zero-order valence-corrected chi connectivity index (χ0v) is 10.6. The van der Waals surface area contributed by atoms with Crippen molar-refractivity contribution in [1.82, 2.24) is 15.1 Å². The van der Waals surface area contributed by atoms with E-state index in [2.05, 4.69) is 42.5 Å². The number of hydrogen-bond acceptors (Lipinski definition) is 2. The minimum absolute atomic E-state index is 0.317. The van der Waals surface area contributed by atoms with Gasteiger partial charge in [-0.25, -0.2) is 4.68 Å². The van der Waals surface area contributed by atoms with Gasteiger partial charge in [-0.2, -0.15) is 5.10 Å². The Morgan fingerprint density at radius 1 is 1.12 bits per heavy atom. The molecule has 2 rings (SSSR count). The van der Waals surface area contributed by atoms with E-state index in [1.165, 1.54) is 5.69 Å². The second-order valence-corrected chi connectivity index (χ2v) is 4.51. The van der Waals surface area contributed by atoms with Crippen molar-refractivity contribution in [1.29, 1.82) is 0 Å². The molecule has 0 aliphatic heterocycles. The molecule has 0 bridgehead atoms. The van der Waals surface area contributed by atoms with Crippen LogP contribution in [0.2, 0.25) is 0 Å². The van der Waals surface area contributed by atoms with Crippen LogP contribution in [0, 0.1) is 5.92 Å². The van der Waals surface area contributed by atoms with Gasteiger partial charge in [0.15, 0.2) is 0 Å². The standard InChI is InChI=1S/C14H19N3/c1-11(2)14(15-3)13-9-10-16-17(13)12-7-5-4-6-8-12/h4-11,14-15H,1-3H3. The van der Waals surface area contributed by atoms with Gasteiger partial charge >= 0.3 is 0 Å². The van der Waals surface area contributed by atoms with Gasteiger partial charge in [0, 0.05) is 6.20 Å². The second-order valence-electron chi connectivity index (χ2n) is 4.51. The Morgan fingerprint density at radius 3 is 2.41 bits per heavy atom. The first kappa shape index (κ1) is 11.9. The SMILES string of the molecule is CNC(c1ccnn1-c1ccccc1)C(C)C. The van der Waals surface area contributed by atoms with Crippen LogP contribution in [0.3, 0.4) is 0 Å². The van der Waals surface area contributed by atoms with Crippen molar-refractivity contribution in [2.75, 3.05) is 7.05 Å². The summed E-state index contributed by atoms with van der Waals surface area (Å²) in [6, 6.07) is 12.6. The van der Waals surface area contributed by atoms with Crippen LogP contribution in [0.5, 0.6) is 0 Å². The molecule has 1 unspecified atom stereocenters. The van der Waals surface area contributed by atoms with Crippen LogP contribution < -0.4 is 5.32 Å². The first-order valence-electron chi connectivity index (χ1n) is 6.00. The summed E-state index contributed by atoms with van der Waals surface area (Å²) in [4.78, 5) is 0. The lowest BCUT2D eigenvalue weighted by atomic mass is 10.0. The van der Waals surface area contributed by atoms with Gasteiger partial charge in [0.1, 0.15) is 0 Å². The first-order valence-corrected chi connectivity index (χ1v) is 6.00. The molecule has 3 nitrogen and oxygen atoms in total. The minimum Gasteiger partial charge on any atom is -0.311 e. The van der Waals surface area contributed by atoms with Gasteiger partial charge in [0.2, 0.25) is 0 Å². The molecule has 1 heterocycles. The fourth-order valence-corrected chi connectivity index (χ4v) is 2.16. The fourth-order valence-electron chi connectivity index (χ4n) is 2.16. The number of para-hydroxylation sites is 1. The normalized spacial score (nSPS) is 12.9. The first-order chi connectivity index (χ1) is 8.24. The topological polar surface area (TPSA) is 29.9 Å². The van der Waals surface area contributed by atoms with Gasteiger partial charge in [-0.15, -0.1) is 0 Å². The summed E-state index contributed by atoms with van der Waals surface area (Å²) < 4.78 is 2.00. The highest BCUT2D eigenvalue weighted by atomic mass is 15.3. The maximum absolute atomic E-state index is 4.41. The molecule has 3 heteroatoms. The highest BCUT2D eigenvalue weighted by Gasteiger charge is 2.18. The third kappa shape index (κ3) is 2.39. The second kappa shape index (κ2) is 5.15. The maximum atomic E-state index is 4.41. The molecule has 1 atom stereocenters. The third-order valence-corrected chi connectivity index (χ3v) is 2.97. The molecular weight excluding hydrogens is 210 g/mol. The van der Waals surface area contributed by atoms with E-state index < -0.39 is 0 Å². The molecule has 0 aliphatic rings. The Balaban J connectivity index is 2.41. The Hall–Kier alpha value is -1.61. The average molecular weight is 229 g/mol. The molecule has 0 saturated heterocycles. The summed E-state index contributed by atoms with van der Waals surface area (Å²) in [5, 5.41) is 7.77. The van der Waals surface area contributed by atoms with Gasteiger partial charge in [-0.3, -0.25) is 0 Å². The van der Waals surface area contributed by atoms with Crippen LogP contribution in [0.15, 0.2) is 42.6 Å². The molecule has 2 aromatic rings. The average Bonchev–Trinajstić information content (AvgIpc) is 2.80. The third-order valence-electron chi connectivity index (χ3n) is 2.97. The summed E-state index contributed by atoms with van der Waals surface area (Å²) in [6.45, 7) is 4.42. The highest BCUT2D eigenvalue weighted by molar-refractivity contribution is 5.33. The molecule has 0 saturated carbocycles. The van der Waals surface area contributed by atoms with Gasteiger partial charge in [0.25, 0.3) is 0 Å².